The van der Waals surface area contributed by atoms with E-state index in [1.807, 2.05) is 48.5 Å². The first-order chi connectivity index (χ1) is 15.6. The van der Waals surface area contributed by atoms with Crippen LogP contribution in [0.25, 0.3) is 0 Å². The molecule has 1 saturated heterocycles. The van der Waals surface area contributed by atoms with E-state index in [9.17, 15) is 9.90 Å². The number of rotatable bonds is 7. The molecular weight excluding hydrogens is 402 g/mol. The fourth-order valence-electron chi connectivity index (χ4n) is 6.07. The summed E-state index contributed by atoms with van der Waals surface area (Å²) in [7, 11) is 1.66. The van der Waals surface area contributed by atoms with Gasteiger partial charge in [-0.3, -0.25) is 0 Å². The van der Waals surface area contributed by atoms with E-state index in [2.05, 4.69) is 5.32 Å². The van der Waals surface area contributed by atoms with Crippen LogP contribution in [-0.2, 0) is 21.6 Å². The molecule has 0 spiro atoms. The fourth-order valence-corrected chi connectivity index (χ4v) is 6.07. The molecule has 1 aliphatic heterocycles. The molecule has 0 aromatic heterocycles. The molecular formula is C27H33NO4. The van der Waals surface area contributed by atoms with Crippen LogP contribution < -0.4 is 10.1 Å². The van der Waals surface area contributed by atoms with Gasteiger partial charge in [0.05, 0.1) is 7.11 Å². The number of carbonyl (C=O) groups is 1. The molecule has 3 aliphatic rings. The van der Waals surface area contributed by atoms with Gasteiger partial charge in [0.25, 0.3) is 0 Å². The van der Waals surface area contributed by atoms with Gasteiger partial charge < -0.3 is 19.9 Å². The molecule has 5 rings (SSSR count). The summed E-state index contributed by atoms with van der Waals surface area (Å²) in [4.78, 5) is 13.7. The third-order valence-corrected chi connectivity index (χ3v) is 7.81. The van der Waals surface area contributed by atoms with Gasteiger partial charge in [0.1, 0.15) is 11.9 Å². The summed E-state index contributed by atoms with van der Waals surface area (Å²) in [6.45, 7) is 0.900. The maximum absolute atomic E-state index is 13.7. The van der Waals surface area contributed by atoms with Gasteiger partial charge in [-0.2, -0.15) is 0 Å². The van der Waals surface area contributed by atoms with E-state index in [0.717, 1.165) is 61.9 Å². The summed E-state index contributed by atoms with van der Waals surface area (Å²) in [5.41, 5.74) is 1.11. The first-order valence-electron chi connectivity index (χ1n) is 12.0. The van der Waals surface area contributed by atoms with Crippen molar-refractivity contribution in [1.29, 1.82) is 0 Å². The molecule has 5 nitrogen and oxygen atoms in total. The first-order valence-corrected chi connectivity index (χ1v) is 12.0. The van der Waals surface area contributed by atoms with Crippen molar-refractivity contribution < 1.29 is 19.4 Å². The number of carbonyl (C=O) groups excluding carboxylic acids is 1. The molecule has 4 atom stereocenters. The zero-order valence-corrected chi connectivity index (χ0v) is 18.8. The van der Waals surface area contributed by atoms with Crippen molar-refractivity contribution in [2.24, 2.45) is 11.8 Å². The number of piperidine rings is 1. The number of nitrogens with one attached hydrogen (secondary N) is 1. The van der Waals surface area contributed by atoms with Crippen molar-refractivity contribution in [2.75, 3.05) is 13.7 Å². The fraction of sp³-hybridized carbons (Fsp3) is 0.519. The van der Waals surface area contributed by atoms with E-state index in [1.165, 1.54) is 0 Å². The summed E-state index contributed by atoms with van der Waals surface area (Å²) in [6.07, 6.45) is 6.38. The number of hydrogen-bond acceptors (Lipinski definition) is 5. The minimum absolute atomic E-state index is 0.117. The van der Waals surface area contributed by atoms with Gasteiger partial charge in [-0.1, -0.05) is 49.2 Å². The molecule has 0 amide bonds. The Bertz CT molecular complexity index is 950. The molecule has 2 aromatic carbocycles. The van der Waals surface area contributed by atoms with Gasteiger partial charge in [0.2, 0.25) is 0 Å². The Balaban J connectivity index is 1.48. The monoisotopic (exact) mass is 435 g/mol. The molecule has 170 valence electrons. The van der Waals surface area contributed by atoms with Crippen LogP contribution in [0, 0.1) is 11.8 Å². The molecule has 2 bridgehead atoms. The van der Waals surface area contributed by atoms with Crippen molar-refractivity contribution in [3.8, 4) is 5.75 Å². The average molecular weight is 436 g/mol. The summed E-state index contributed by atoms with van der Waals surface area (Å²) < 4.78 is 11.5. The molecule has 1 heterocycles. The lowest BCUT2D eigenvalue weighted by atomic mass is 9.77. The smallest absolute Gasteiger partial charge is 0.343 e. The predicted molar refractivity (Wildman–Crippen MR) is 122 cm³/mol. The lowest BCUT2D eigenvalue weighted by molar-refractivity contribution is -0.180. The predicted octanol–water partition coefficient (Wildman–Crippen LogP) is 3.96. The Labute approximate surface area is 190 Å². The minimum atomic E-state index is -1.62. The number of aliphatic hydroxyl groups is 1. The van der Waals surface area contributed by atoms with E-state index in [4.69, 9.17) is 9.47 Å². The molecule has 0 radical (unpaired) electrons. The number of fused-ring (bicyclic) bond motifs is 2. The second kappa shape index (κ2) is 8.87. The molecule has 3 unspecified atom stereocenters. The van der Waals surface area contributed by atoms with E-state index in [-0.39, 0.29) is 18.1 Å². The normalized spacial score (nSPS) is 26.8. The maximum Gasteiger partial charge on any atom is 0.343 e. The van der Waals surface area contributed by atoms with Gasteiger partial charge in [0, 0.05) is 24.4 Å². The highest BCUT2D eigenvalue weighted by Gasteiger charge is 2.52. The van der Waals surface area contributed by atoms with Crippen LogP contribution in [0.5, 0.6) is 5.75 Å². The minimum Gasteiger partial charge on any atom is -0.497 e. The molecule has 5 heteroatoms. The summed E-state index contributed by atoms with van der Waals surface area (Å²) in [5, 5.41) is 15.6. The Hall–Kier alpha value is -2.37. The number of esters is 1. The highest BCUT2D eigenvalue weighted by Crippen LogP contribution is 2.44. The van der Waals surface area contributed by atoms with Crippen LogP contribution >= 0.6 is 0 Å². The Morgan fingerprint density at radius 3 is 2.59 bits per heavy atom. The zero-order valence-electron chi connectivity index (χ0n) is 18.8. The number of hydrogen-bond donors (Lipinski definition) is 2. The van der Waals surface area contributed by atoms with Crippen LogP contribution in [0.4, 0.5) is 0 Å². The van der Waals surface area contributed by atoms with Gasteiger partial charge >= 0.3 is 5.97 Å². The van der Waals surface area contributed by atoms with Crippen molar-refractivity contribution in [2.45, 2.75) is 62.7 Å². The maximum atomic E-state index is 13.7. The summed E-state index contributed by atoms with van der Waals surface area (Å²) >= 11 is 0. The first kappa shape index (κ1) is 21.5. The van der Waals surface area contributed by atoms with Crippen molar-refractivity contribution >= 4 is 5.97 Å². The van der Waals surface area contributed by atoms with Gasteiger partial charge in [-0.05, 0) is 60.9 Å². The van der Waals surface area contributed by atoms with Gasteiger partial charge in [0.15, 0.2) is 5.60 Å². The molecule has 32 heavy (non-hydrogen) atoms. The summed E-state index contributed by atoms with van der Waals surface area (Å²) in [6, 6.07) is 16.0. The van der Waals surface area contributed by atoms with Crippen LogP contribution in [0.1, 0.15) is 55.2 Å². The molecule has 3 fully saturated rings. The number of methoxy groups -OCH3 is 1. The van der Waals surface area contributed by atoms with Crippen LogP contribution in [0.3, 0.4) is 0 Å². The Kier molecular flexibility index (Phi) is 5.95. The Morgan fingerprint density at radius 1 is 1.09 bits per heavy atom. The second-order valence-corrected chi connectivity index (χ2v) is 9.66. The van der Waals surface area contributed by atoms with Crippen molar-refractivity contribution in [3.63, 3.8) is 0 Å². The topological polar surface area (TPSA) is 67.8 Å². The standard InChI is InChI=1S/C27H33NO4/c1-31-22-11-6-7-18(16-22)15-19-8-2-5-12-23(19)27(30,21-9-3-4-10-21)26(29)32-25-20-13-14-24(25)28-17-20/h2,5-8,11-12,16,20-21,24-25,28,30H,3-4,9-10,13-15,17H2,1H3/t20?,24-,25?,27?/m0/s1. The lowest BCUT2D eigenvalue weighted by Crippen LogP contribution is -2.46. The van der Waals surface area contributed by atoms with Gasteiger partial charge in [-0.15, -0.1) is 0 Å². The van der Waals surface area contributed by atoms with E-state index in [0.29, 0.717) is 17.9 Å². The van der Waals surface area contributed by atoms with E-state index in [1.54, 1.807) is 7.11 Å². The molecule has 2 aliphatic carbocycles. The van der Waals surface area contributed by atoms with E-state index < -0.39 is 11.6 Å². The highest BCUT2D eigenvalue weighted by atomic mass is 16.6. The van der Waals surface area contributed by atoms with E-state index >= 15 is 0 Å². The largest absolute Gasteiger partial charge is 0.497 e. The number of benzene rings is 2. The third kappa shape index (κ3) is 3.82. The molecule has 2 saturated carbocycles. The second-order valence-electron chi connectivity index (χ2n) is 9.66. The Morgan fingerprint density at radius 2 is 1.91 bits per heavy atom. The highest BCUT2D eigenvalue weighted by molar-refractivity contribution is 5.82. The van der Waals surface area contributed by atoms with Crippen LogP contribution in [0.15, 0.2) is 48.5 Å². The van der Waals surface area contributed by atoms with Crippen molar-refractivity contribution in [3.05, 3.63) is 65.2 Å². The SMILES string of the molecule is COc1cccc(Cc2ccccc2C(O)(C(=O)OC2C3CC[C@@H]2NC3)C2CCCC2)c1. The number of ether oxygens (including phenoxy) is 2. The molecule has 2 aromatic rings. The molecule has 2 N–H and O–H groups in total. The summed E-state index contributed by atoms with van der Waals surface area (Å²) in [5.74, 6) is 0.583. The van der Waals surface area contributed by atoms with Crippen LogP contribution in [-0.4, -0.2) is 36.9 Å². The van der Waals surface area contributed by atoms with Crippen molar-refractivity contribution in [1.82, 2.24) is 5.32 Å². The third-order valence-electron chi connectivity index (χ3n) is 7.81. The van der Waals surface area contributed by atoms with Gasteiger partial charge in [-0.25, -0.2) is 4.79 Å². The average Bonchev–Trinajstić information content (AvgIpc) is 3.58. The lowest BCUT2D eigenvalue weighted by Gasteiger charge is -2.35. The van der Waals surface area contributed by atoms with Crippen LogP contribution in [0.2, 0.25) is 0 Å². The quantitative estimate of drug-likeness (QED) is 0.645. The zero-order chi connectivity index (χ0) is 22.1.